The van der Waals surface area contributed by atoms with Crippen molar-refractivity contribution >= 4 is 34.8 Å². The van der Waals surface area contributed by atoms with Crippen LogP contribution in [0.4, 0.5) is 5.69 Å². The fourth-order valence-corrected chi connectivity index (χ4v) is 3.99. The molecular weight excluding hydrogens is 269 g/mol. The van der Waals surface area contributed by atoms with Gasteiger partial charge >= 0.3 is 0 Å². The molecule has 96 valence electrons. The molecule has 1 aliphatic heterocycles. The van der Waals surface area contributed by atoms with Crippen LogP contribution in [0.3, 0.4) is 0 Å². The summed E-state index contributed by atoms with van der Waals surface area (Å²) in [5, 5.41) is 4.21. The number of carbonyl (C=O) groups excluding carboxylic acids is 1. The van der Waals surface area contributed by atoms with Gasteiger partial charge in [0, 0.05) is 22.4 Å². The molecule has 0 unspecified atom stereocenters. The molecule has 18 heavy (non-hydrogen) atoms. The minimum absolute atomic E-state index is 0.0635. The van der Waals surface area contributed by atoms with Crippen LogP contribution in [-0.4, -0.2) is 5.91 Å². The lowest BCUT2D eigenvalue weighted by molar-refractivity contribution is -0.118. The maximum absolute atomic E-state index is 11.9. The van der Waals surface area contributed by atoms with Crippen LogP contribution in [0.1, 0.15) is 44.1 Å². The lowest BCUT2D eigenvalue weighted by Gasteiger charge is -2.42. The molecular formula is C14H15Cl2NO. The summed E-state index contributed by atoms with van der Waals surface area (Å²) >= 11 is 12.6. The molecule has 0 radical (unpaired) electrons. The number of benzene rings is 1. The van der Waals surface area contributed by atoms with Gasteiger partial charge in [0.25, 0.3) is 0 Å². The van der Waals surface area contributed by atoms with E-state index in [1.807, 2.05) is 6.07 Å². The van der Waals surface area contributed by atoms with E-state index in [-0.39, 0.29) is 11.3 Å². The summed E-state index contributed by atoms with van der Waals surface area (Å²) in [6, 6.07) is 3.60. The maximum Gasteiger partial charge on any atom is 0.225 e. The average Bonchev–Trinajstić information content (AvgIpc) is 2.34. The highest BCUT2D eigenvalue weighted by Gasteiger charge is 2.42. The van der Waals surface area contributed by atoms with Crippen LogP contribution >= 0.6 is 23.2 Å². The molecule has 2 nitrogen and oxygen atoms in total. The second-order valence-corrected chi connectivity index (χ2v) is 6.16. The lowest BCUT2D eigenvalue weighted by Crippen LogP contribution is -2.39. The number of halogens is 2. The molecule has 2 aliphatic rings. The molecule has 1 spiro atoms. The van der Waals surface area contributed by atoms with Gasteiger partial charge in [0.2, 0.25) is 5.91 Å². The molecule has 1 N–H and O–H groups in total. The molecule has 0 atom stereocenters. The summed E-state index contributed by atoms with van der Waals surface area (Å²) in [6.07, 6.45) is 6.18. The maximum atomic E-state index is 11.9. The fraction of sp³-hybridized carbons (Fsp3) is 0.500. The zero-order valence-corrected chi connectivity index (χ0v) is 11.6. The summed E-state index contributed by atoms with van der Waals surface area (Å²) in [7, 11) is 0. The Hall–Kier alpha value is -0.730. The third-order valence-electron chi connectivity index (χ3n) is 4.21. The highest BCUT2D eigenvalue weighted by Crippen LogP contribution is 2.51. The summed E-state index contributed by atoms with van der Waals surface area (Å²) in [5.74, 6) is 0.0635. The highest BCUT2D eigenvalue weighted by atomic mass is 35.5. The summed E-state index contributed by atoms with van der Waals surface area (Å²) in [6.45, 7) is 0. The van der Waals surface area contributed by atoms with Crippen molar-refractivity contribution < 1.29 is 4.79 Å². The first-order chi connectivity index (χ1) is 8.62. The first-order valence-corrected chi connectivity index (χ1v) is 7.16. The second kappa shape index (κ2) is 4.43. The zero-order valence-electron chi connectivity index (χ0n) is 10.1. The highest BCUT2D eigenvalue weighted by molar-refractivity contribution is 6.37. The summed E-state index contributed by atoms with van der Waals surface area (Å²) in [4.78, 5) is 11.9. The Morgan fingerprint density at radius 2 is 1.72 bits per heavy atom. The molecule has 0 aromatic heterocycles. The van der Waals surface area contributed by atoms with Crippen LogP contribution in [0, 0.1) is 0 Å². The second-order valence-electron chi connectivity index (χ2n) is 5.35. The van der Waals surface area contributed by atoms with Gasteiger partial charge < -0.3 is 5.32 Å². The van der Waals surface area contributed by atoms with Crippen molar-refractivity contribution in [2.45, 2.75) is 43.9 Å². The minimum atomic E-state index is -0.0854. The Bertz CT molecular complexity index is 507. The fourth-order valence-electron chi connectivity index (χ4n) is 3.43. The number of amides is 1. The largest absolute Gasteiger partial charge is 0.324 e. The van der Waals surface area contributed by atoms with E-state index in [1.165, 1.54) is 6.42 Å². The van der Waals surface area contributed by atoms with Crippen LogP contribution < -0.4 is 5.32 Å². The smallest absolute Gasteiger partial charge is 0.225 e. The van der Waals surface area contributed by atoms with Crippen LogP contribution in [0.5, 0.6) is 0 Å². The third-order valence-corrected chi connectivity index (χ3v) is 4.84. The minimum Gasteiger partial charge on any atom is -0.324 e. The van der Waals surface area contributed by atoms with Gasteiger partial charge in [-0.3, -0.25) is 4.79 Å². The zero-order chi connectivity index (χ0) is 12.8. The van der Waals surface area contributed by atoms with Gasteiger partial charge in [0.1, 0.15) is 0 Å². The van der Waals surface area contributed by atoms with E-state index in [0.29, 0.717) is 11.4 Å². The van der Waals surface area contributed by atoms with Crippen molar-refractivity contribution in [1.82, 2.24) is 0 Å². The Labute approximate surface area is 117 Å². The number of anilines is 1. The van der Waals surface area contributed by atoms with Crippen molar-refractivity contribution in [3.05, 3.63) is 27.7 Å². The molecule has 1 aromatic rings. The van der Waals surface area contributed by atoms with Crippen LogP contribution in [0.25, 0.3) is 0 Å². The topological polar surface area (TPSA) is 29.1 Å². The van der Waals surface area contributed by atoms with Crippen molar-refractivity contribution in [2.75, 3.05) is 5.32 Å². The number of fused-ring (bicyclic) bond motifs is 2. The number of carbonyl (C=O) groups is 1. The van der Waals surface area contributed by atoms with E-state index >= 15 is 0 Å². The lowest BCUT2D eigenvalue weighted by atomic mass is 9.65. The molecule has 3 rings (SSSR count). The predicted octanol–water partition coefficient (Wildman–Crippen LogP) is 4.54. The normalized spacial score (nSPS) is 21.6. The third kappa shape index (κ3) is 1.83. The Morgan fingerprint density at radius 3 is 2.44 bits per heavy atom. The Morgan fingerprint density at radius 1 is 1.06 bits per heavy atom. The van der Waals surface area contributed by atoms with Gasteiger partial charge in [-0.15, -0.1) is 0 Å². The first kappa shape index (κ1) is 12.3. The van der Waals surface area contributed by atoms with Crippen molar-refractivity contribution in [2.24, 2.45) is 0 Å². The predicted molar refractivity (Wildman–Crippen MR) is 74.5 cm³/mol. The van der Waals surface area contributed by atoms with E-state index in [4.69, 9.17) is 23.2 Å². The number of nitrogens with one attached hydrogen (secondary N) is 1. The van der Waals surface area contributed by atoms with Gasteiger partial charge in [-0.25, -0.2) is 0 Å². The van der Waals surface area contributed by atoms with E-state index in [2.05, 4.69) is 5.32 Å². The molecule has 4 heteroatoms. The molecule has 0 bridgehead atoms. The molecule has 1 heterocycles. The van der Waals surface area contributed by atoms with Gasteiger partial charge in [-0.2, -0.15) is 0 Å². The van der Waals surface area contributed by atoms with E-state index in [1.54, 1.807) is 6.07 Å². The molecule has 1 aliphatic carbocycles. The first-order valence-electron chi connectivity index (χ1n) is 6.41. The quantitative estimate of drug-likeness (QED) is 0.744. The average molecular weight is 284 g/mol. The van der Waals surface area contributed by atoms with Gasteiger partial charge in [0.05, 0.1) is 10.7 Å². The van der Waals surface area contributed by atoms with Crippen LogP contribution in [0.15, 0.2) is 12.1 Å². The van der Waals surface area contributed by atoms with Crippen molar-refractivity contribution in [3.8, 4) is 0 Å². The molecule has 1 saturated carbocycles. The standard InChI is InChI=1S/C14H15Cl2NO/c15-9-4-5-10(16)13-12(9)14(8-11(18)17-13)6-2-1-3-7-14/h4-5H,1-3,6-8H2,(H,17,18). The van der Waals surface area contributed by atoms with E-state index < -0.39 is 0 Å². The molecule has 1 fully saturated rings. The molecule has 0 saturated heterocycles. The number of hydrogen-bond acceptors (Lipinski definition) is 1. The number of rotatable bonds is 0. The summed E-state index contributed by atoms with van der Waals surface area (Å²) < 4.78 is 0. The SMILES string of the molecule is O=C1CC2(CCCCC2)c2c(Cl)ccc(Cl)c2N1. The van der Waals surface area contributed by atoms with Crippen LogP contribution in [-0.2, 0) is 10.2 Å². The molecule has 1 aromatic carbocycles. The van der Waals surface area contributed by atoms with Crippen LogP contribution in [0.2, 0.25) is 10.0 Å². The summed E-state index contributed by atoms with van der Waals surface area (Å²) in [5.41, 5.74) is 1.72. The van der Waals surface area contributed by atoms with E-state index in [0.717, 1.165) is 42.0 Å². The van der Waals surface area contributed by atoms with Gasteiger partial charge in [-0.1, -0.05) is 42.5 Å². The van der Waals surface area contributed by atoms with Gasteiger partial charge in [0.15, 0.2) is 0 Å². The van der Waals surface area contributed by atoms with Crippen molar-refractivity contribution in [3.63, 3.8) is 0 Å². The molecule has 1 amide bonds. The van der Waals surface area contributed by atoms with E-state index in [9.17, 15) is 4.79 Å². The Balaban J connectivity index is 2.20. The number of hydrogen-bond donors (Lipinski definition) is 1. The Kier molecular flexibility index (Phi) is 3.03. The van der Waals surface area contributed by atoms with Crippen molar-refractivity contribution in [1.29, 1.82) is 0 Å². The van der Waals surface area contributed by atoms with Gasteiger partial charge in [-0.05, 0) is 25.0 Å². The monoisotopic (exact) mass is 283 g/mol.